The lowest BCUT2D eigenvalue weighted by Crippen LogP contribution is -2.47. The van der Waals surface area contributed by atoms with E-state index in [1.54, 1.807) is 7.05 Å². The van der Waals surface area contributed by atoms with Crippen LogP contribution < -0.4 is 5.69 Å². The number of imidazole rings is 1. The predicted octanol–water partition coefficient (Wildman–Crippen LogP) is 3.25. The van der Waals surface area contributed by atoms with Crippen molar-refractivity contribution in [1.29, 1.82) is 0 Å². The summed E-state index contributed by atoms with van der Waals surface area (Å²) in [6, 6.07) is 7.96. The Morgan fingerprint density at radius 3 is 2.38 bits per heavy atom. The number of H-pyrrole nitrogens is 1. The number of aromatic nitrogens is 3. The van der Waals surface area contributed by atoms with Crippen LogP contribution in [-0.4, -0.2) is 64.6 Å². The van der Waals surface area contributed by atoms with Gasteiger partial charge in [-0.15, -0.1) is 0 Å². The number of hydrogen-bond acceptors (Lipinski definition) is 5. The Morgan fingerprint density at radius 2 is 1.76 bits per heavy atom. The molecule has 1 N–H and O–H groups in total. The summed E-state index contributed by atoms with van der Waals surface area (Å²) in [5.74, 6) is 0. The number of aromatic amines is 1. The first kappa shape index (κ1) is 24.9. The van der Waals surface area contributed by atoms with Gasteiger partial charge in [0.25, 0.3) is 0 Å². The molecule has 1 fully saturated rings. The Balaban J connectivity index is 1.67. The van der Waals surface area contributed by atoms with Gasteiger partial charge in [0.15, 0.2) is 5.65 Å². The van der Waals surface area contributed by atoms with Crippen LogP contribution in [0.1, 0.15) is 31.9 Å². The summed E-state index contributed by atoms with van der Waals surface area (Å²) in [7, 11) is -1.44. The molecule has 8 nitrogen and oxygen atoms in total. The van der Waals surface area contributed by atoms with Crippen LogP contribution in [0.4, 0.5) is 0 Å². The summed E-state index contributed by atoms with van der Waals surface area (Å²) in [6.07, 6.45) is 2.04. The molecule has 1 aromatic carbocycles. The van der Waals surface area contributed by atoms with E-state index in [4.69, 9.17) is 16.6 Å². The Bertz CT molecular complexity index is 1380. The number of nitrogens with one attached hydrogen (secondary N) is 1. The zero-order chi connectivity index (χ0) is 24.8. The van der Waals surface area contributed by atoms with Crippen LogP contribution in [0.2, 0.25) is 5.02 Å². The largest absolute Gasteiger partial charge is 0.327 e. The van der Waals surface area contributed by atoms with Crippen LogP contribution in [0.15, 0.2) is 29.1 Å². The quantitative estimate of drug-likeness (QED) is 0.574. The third kappa shape index (κ3) is 5.54. The Labute approximate surface area is 205 Å². The van der Waals surface area contributed by atoms with Crippen molar-refractivity contribution in [3.05, 3.63) is 50.9 Å². The van der Waals surface area contributed by atoms with Gasteiger partial charge in [-0.3, -0.25) is 9.47 Å². The van der Waals surface area contributed by atoms with Crippen molar-refractivity contribution in [2.24, 2.45) is 12.5 Å². The molecule has 0 atom stereocenters. The molecule has 0 bridgehead atoms. The number of rotatable bonds is 5. The molecule has 2 aromatic heterocycles. The van der Waals surface area contributed by atoms with Gasteiger partial charge in [-0.2, -0.15) is 4.31 Å². The first-order valence-electron chi connectivity index (χ1n) is 11.4. The minimum absolute atomic E-state index is 0.0336. The molecular weight excluding hydrogens is 474 g/mol. The Morgan fingerprint density at radius 1 is 1.09 bits per heavy atom. The molecule has 0 radical (unpaired) electrons. The van der Waals surface area contributed by atoms with Gasteiger partial charge in [-0.1, -0.05) is 32.4 Å². The minimum Gasteiger partial charge on any atom is -0.304 e. The zero-order valence-corrected chi connectivity index (χ0v) is 21.9. The molecule has 4 rings (SSSR count). The number of aryl methyl sites for hydroxylation is 1. The van der Waals surface area contributed by atoms with Crippen LogP contribution in [0, 0.1) is 5.41 Å². The summed E-state index contributed by atoms with van der Waals surface area (Å²) in [5.41, 5.74) is 5.00. The predicted molar refractivity (Wildman–Crippen MR) is 137 cm³/mol. The summed E-state index contributed by atoms with van der Waals surface area (Å²) in [6.45, 7) is 9.48. The summed E-state index contributed by atoms with van der Waals surface area (Å²) >= 11 is 6.51. The van der Waals surface area contributed by atoms with Crippen molar-refractivity contribution in [2.45, 2.75) is 33.7 Å². The number of nitrogens with zero attached hydrogens (tertiary/aromatic N) is 4. The SMILES string of the molecule is Cn1c(=O)[nH]c2c(CC(C)(C)C)cc(-c3cc(Cl)cc(CN4CCN(S(C)(=O)=O)CC4)c3)nc21. The second-order valence-corrected chi connectivity index (χ2v) is 12.8. The lowest BCUT2D eigenvalue weighted by atomic mass is 9.87. The molecule has 3 heterocycles. The van der Waals surface area contributed by atoms with Gasteiger partial charge in [-0.05, 0) is 47.2 Å². The van der Waals surface area contributed by atoms with Crippen LogP contribution >= 0.6 is 11.6 Å². The second kappa shape index (κ2) is 9.11. The standard InChI is InChI=1S/C24H32ClN5O3S/c1-24(2,3)14-18-13-20(26-22-21(18)27-23(31)28(22)4)17-10-16(11-19(25)12-17)15-29-6-8-30(9-7-29)34(5,32)33/h10-13H,6-9,14-15H2,1-5H3,(H,27,31). The highest BCUT2D eigenvalue weighted by Gasteiger charge is 2.24. The van der Waals surface area contributed by atoms with Crippen molar-refractivity contribution in [3.63, 3.8) is 0 Å². The topological polar surface area (TPSA) is 91.3 Å². The average molecular weight is 506 g/mol. The molecule has 34 heavy (non-hydrogen) atoms. The molecule has 10 heteroatoms. The molecule has 3 aromatic rings. The van der Waals surface area contributed by atoms with Crippen molar-refractivity contribution in [3.8, 4) is 11.3 Å². The molecular formula is C24H32ClN5O3S. The van der Waals surface area contributed by atoms with Gasteiger partial charge in [0, 0.05) is 50.4 Å². The van der Waals surface area contributed by atoms with Crippen molar-refractivity contribution >= 4 is 32.8 Å². The van der Waals surface area contributed by atoms with Gasteiger partial charge >= 0.3 is 5.69 Å². The fourth-order valence-electron chi connectivity index (χ4n) is 4.47. The van der Waals surface area contributed by atoms with E-state index in [2.05, 4.69) is 36.7 Å². The lowest BCUT2D eigenvalue weighted by Gasteiger charge is -2.33. The van der Waals surface area contributed by atoms with Crippen LogP contribution in [0.5, 0.6) is 0 Å². The van der Waals surface area contributed by atoms with E-state index in [9.17, 15) is 13.2 Å². The lowest BCUT2D eigenvalue weighted by molar-refractivity contribution is 0.182. The number of sulfonamides is 1. The normalized spacial score (nSPS) is 16.4. The molecule has 0 saturated carbocycles. The number of pyridine rings is 1. The number of hydrogen-bond donors (Lipinski definition) is 1. The maximum absolute atomic E-state index is 12.3. The maximum Gasteiger partial charge on any atom is 0.327 e. The van der Waals surface area contributed by atoms with Gasteiger partial charge in [0.2, 0.25) is 10.0 Å². The highest BCUT2D eigenvalue weighted by Crippen LogP contribution is 2.30. The highest BCUT2D eigenvalue weighted by atomic mass is 35.5. The molecule has 1 aliphatic rings. The smallest absolute Gasteiger partial charge is 0.304 e. The van der Waals surface area contributed by atoms with E-state index in [-0.39, 0.29) is 11.1 Å². The molecule has 0 unspecified atom stereocenters. The fraction of sp³-hybridized carbons (Fsp3) is 0.500. The van der Waals surface area contributed by atoms with Crippen molar-refractivity contribution < 1.29 is 8.42 Å². The molecule has 184 valence electrons. The van der Waals surface area contributed by atoms with Crippen molar-refractivity contribution in [1.82, 2.24) is 23.7 Å². The van der Waals surface area contributed by atoms with Crippen LogP contribution in [0.3, 0.4) is 0 Å². The van der Waals surface area contributed by atoms with Gasteiger partial charge in [0.05, 0.1) is 17.5 Å². The average Bonchev–Trinajstić information content (AvgIpc) is 3.01. The first-order chi connectivity index (χ1) is 15.8. The third-order valence-corrected chi connectivity index (χ3v) is 7.64. The molecule has 0 spiro atoms. The van der Waals surface area contributed by atoms with Crippen molar-refractivity contribution in [2.75, 3.05) is 32.4 Å². The number of benzene rings is 1. The molecule has 0 amide bonds. The first-order valence-corrected chi connectivity index (χ1v) is 13.6. The van der Waals surface area contributed by atoms with E-state index < -0.39 is 10.0 Å². The van der Waals surface area contributed by atoms with E-state index in [1.807, 2.05) is 18.2 Å². The number of fused-ring (bicyclic) bond motifs is 1. The zero-order valence-electron chi connectivity index (χ0n) is 20.4. The molecule has 1 aliphatic heterocycles. The minimum atomic E-state index is -3.16. The van der Waals surface area contributed by atoms with Crippen LogP contribution in [-0.2, 0) is 30.0 Å². The second-order valence-electron chi connectivity index (χ2n) is 10.4. The summed E-state index contributed by atoms with van der Waals surface area (Å²) in [5, 5.41) is 0.615. The number of halogens is 1. The molecule has 0 aliphatic carbocycles. The van der Waals surface area contributed by atoms with E-state index in [0.29, 0.717) is 43.4 Å². The van der Waals surface area contributed by atoms with Gasteiger partial charge < -0.3 is 4.98 Å². The van der Waals surface area contributed by atoms with E-state index in [0.717, 1.165) is 34.3 Å². The third-order valence-electron chi connectivity index (χ3n) is 6.12. The van der Waals surface area contributed by atoms with Gasteiger partial charge in [-0.25, -0.2) is 18.2 Å². The highest BCUT2D eigenvalue weighted by molar-refractivity contribution is 7.88. The van der Waals surface area contributed by atoms with E-state index in [1.165, 1.54) is 15.1 Å². The van der Waals surface area contributed by atoms with Crippen LogP contribution in [0.25, 0.3) is 22.4 Å². The van der Waals surface area contributed by atoms with E-state index >= 15 is 0 Å². The number of piperazine rings is 1. The summed E-state index contributed by atoms with van der Waals surface area (Å²) in [4.78, 5) is 22.3. The molecule has 1 saturated heterocycles. The van der Waals surface area contributed by atoms with Gasteiger partial charge in [0.1, 0.15) is 0 Å². The monoisotopic (exact) mass is 505 g/mol. The Kier molecular flexibility index (Phi) is 6.67. The Hall–Kier alpha value is -2.20. The maximum atomic E-state index is 12.3. The fourth-order valence-corrected chi connectivity index (χ4v) is 5.56. The summed E-state index contributed by atoms with van der Waals surface area (Å²) < 4.78 is 26.6.